The molecule has 1 aliphatic carbocycles. The van der Waals surface area contributed by atoms with Crippen molar-refractivity contribution in [1.82, 2.24) is 5.32 Å². The Morgan fingerprint density at radius 1 is 1.48 bits per heavy atom. The largest absolute Gasteiger partial charge is 0.348 e. The Kier molecular flexibility index (Phi) is 5.84. The summed E-state index contributed by atoms with van der Waals surface area (Å²) in [6.07, 6.45) is 4.79. The summed E-state index contributed by atoms with van der Waals surface area (Å²) in [5.41, 5.74) is 6.19. The van der Waals surface area contributed by atoms with E-state index in [1.54, 1.807) is 0 Å². The maximum Gasteiger partial charge on any atom is 0.262 e. The van der Waals surface area contributed by atoms with Crippen LogP contribution in [0, 0.1) is 23.7 Å². The van der Waals surface area contributed by atoms with E-state index in [0.717, 1.165) is 12.0 Å². The molecule has 1 aromatic rings. The summed E-state index contributed by atoms with van der Waals surface area (Å²) in [6.45, 7) is 4.81. The van der Waals surface area contributed by atoms with Gasteiger partial charge < -0.3 is 11.1 Å². The number of hydrogen-bond donors (Lipinski definition) is 2. The predicted molar refractivity (Wildman–Crippen MR) is 88.3 cm³/mol. The number of nitrogens with one attached hydrogen (secondary N) is 1. The van der Waals surface area contributed by atoms with Crippen molar-refractivity contribution in [3.63, 3.8) is 0 Å². The van der Waals surface area contributed by atoms with E-state index in [9.17, 15) is 4.79 Å². The molecule has 0 saturated heterocycles. The second-order valence-corrected chi connectivity index (χ2v) is 6.86. The van der Waals surface area contributed by atoms with Crippen LogP contribution in [-0.4, -0.2) is 18.5 Å². The highest BCUT2D eigenvalue weighted by molar-refractivity contribution is 7.12. The van der Waals surface area contributed by atoms with Crippen LogP contribution in [0.15, 0.2) is 11.4 Å². The molecule has 2 rings (SSSR count). The molecule has 1 aliphatic rings. The van der Waals surface area contributed by atoms with Gasteiger partial charge in [-0.25, -0.2) is 0 Å². The van der Waals surface area contributed by atoms with E-state index in [1.165, 1.54) is 30.6 Å². The number of rotatable bonds is 3. The van der Waals surface area contributed by atoms with E-state index in [4.69, 9.17) is 5.73 Å². The van der Waals surface area contributed by atoms with Gasteiger partial charge in [-0.3, -0.25) is 4.79 Å². The van der Waals surface area contributed by atoms with Gasteiger partial charge in [-0.05, 0) is 36.1 Å². The van der Waals surface area contributed by atoms with Crippen molar-refractivity contribution in [3.05, 3.63) is 21.9 Å². The van der Waals surface area contributed by atoms with E-state index in [0.29, 0.717) is 29.3 Å². The van der Waals surface area contributed by atoms with Crippen LogP contribution >= 0.6 is 11.3 Å². The first kappa shape index (κ1) is 16.1. The zero-order valence-corrected chi connectivity index (χ0v) is 13.6. The van der Waals surface area contributed by atoms with Crippen LogP contribution in [0.3, 0.4) is 0 Å². The monoisotopic (exact) mass is 304 g/mol. The van der Waals surface area contributed by atoms with Gasteiger partial charge in [-0.2, -0.15) is 0 Å². The van der Waals surface area contributed by atoms with Crippen LogP contribution in [-0.2, 0) is 0 Å². The van der Waals surface area contributed by atoms with Crippen molar-refractivity contribution in [3.8, 4) is 11.8 Å². The fourth-order valence-corrected chi connectivity index (χ4v) is 3.85. The van der Waals surface area contributed by atoms with Crippen molar-refractivity contribution in [2.45, 2.75) is 45.6 Å². The lowest BCUT2D eigenvalue weighted by Gasteiger charge is -2.34. The standard InChI is InChI=1S/C17H24N2OS/c1-12(2)14-7-3-4-8-15(14)19-17(20)16-13(6-5-10-18)9-11-21-16/h9,11-12,14-15H,3-4,7-8,10,18H2,1-2H3,(H,19,20). The lowest BCUT2D eigenvalue weighted by molar-refractivity contribution is 0.0893. The van der Waals surface area contributed by atoms with Gasteiger partial charge in [0.15, 0.2) is 0 Å². The maximum atomic E-state index is 12.5. The molecule has 3 N–H and O–H groups in total. The Morgan fingerprint density at radius 3 is 2.95 bits per heavy atom. The highest BCUT2D eigenvalue weighted by atomic mass is 32.1. The molecular weight excluding hydrogens is 280 g/mol. The quantitative estimate of drug-likeness (QED) is 0.843. The van der Waals surface area contributed by atoms with E-state index < -0.39 is 0 Å². The van der Waals surface area contributed by atoms with Crippen LogP contribution < -0.4 is 11.1 Å². The molecular formula is C17H24N2OS. The average Bonchev–Trinajstić information content (AvgIpc) is 2.94. The average molecular weight is 304 g/mol. The summed E-state index contributed by atoms with van der Waals surface area (Å²) in [7, 11) is 0. The molecule has 1 heterocycles. The van der Waals surface area contributed by atoms with Crippen LogP contribution in [0.1, 0.15) is 54.8 Å². The molecule has 2 atom stereocenters. The van der Waals surface area contributed by atoms with Crippen LogP contribution in [0.5, 0.6) is 0 Å². The molecule has 1 aromatic heterocycles. The van der Waals surface area contributed by atoms with Crippen LogP contribution in [0.2, 0.25) is 0 Å². The van der Waals surface area contributed by atoms with Crippen LogP contribution in [0.4, 0.5) is 0 Å². The Labute approximate surface area is 131 Å². The van der Waals surface area contributed by atoms with Gasteiger partial charge in [0, 0.05) is 11.6 Å². The fraction of sp³-hybridized carbons (Fsp3) is 0.588. The fourth-order valence-electron chi connectivity index (χ4n) is 3.10. The molecule has 0 aliphatic heterocycles. The summed E-state index contributed by atoms with van der Waals surface area (Å²) >= 11 is 1.45. The highest BCUT2D eigenvalue weighted by Crippen LogP contribution is 2.30. The molecule has 21 heavy (non-hydrogen) atoms. The maximum absolute atomic E-state index is 12.5. The minimum Gasteiger partial charge on any atom is -0.348 e. The first-order valence-electron chi connectivity index (χ1n) is 7.70. The number of carbonyl (C=O) groups is 1. The van der Waals surface area contributed by atoms with Gasteiger partial charge in [0.2, 0.25) is 0 Å². The third-order valence-corrected chi connectivity index (χ3v) is 5.10. The first-order valence-corrected chi connectivity index (χ1v) is 8.58. The highest BCUT2D eigenvalue weighted by Gasteiger charge is 2.29. The lowest BCUT2D eigenvalue weighted by atomic mass is 9.78. The smallest absolute Gasteiger partial charge is 0.262 e. The minimum atomic E-state index is 0.0175. The number of carbonyl (C=O) groups excluding carboxylic acids is 1. The molecule has 3 nitrogen and oxygen atoms in total. The summed E-state index contributed by atoms with van der Waals surface area (Å²) in [4.78, 5) is 13.2. The zero-order valence-electron chi connectivity index (χ0n) is 12.8. The second kappa shape index (κ2) is 7.63. The molecule has 0 radical (unpaired) electrons. The first-order chi connectivity index (χ1) is 10.1. The van der Waals surface area contributed by atoms with Gasteiger partial charge in [-0.1, -0.05) is 38.5 Å². The molecule has 0 bridgehead atoms. The number of nitrogens with two attached hydrogens (primary N) is 1. The normalized spacial score (nSPS) is 21.7. The molecule has 1 fully saturated rings. The Morgan fingerprint density at radius 2 is 2.24 bits per heavy atom. The van der Waals surface area contributed by atoms with E-state index in [-0.39, 0.29) is 5.91 Å². The second-order valence-electron chi connectivity index (χ2n) is 5.94. The van der Waals surface area contributed by atoms with Gasteiger partial charge in [0.25, 0.3) is 5.91 Å². The van der Waals surface area contributed by atoms with Gasteiger partial charge in [0.1, 0.15) is 4.88 Å². The molecule has 1 amide bonds. The lowest BCUT2D eigenvalue weighted by Crippen LogP contribution is -2.43. The topological polar surface area (TPSA) is 55.1 Å². The van der Waals surface area contributed by atoms with Gasteiger partial charge in [0.05, 0.1) is 6.54 Å². The van der Waals surface area contributed by atoms with Crippen molar-refractivity contribution in [1.29, 1.82) is 0 Å². The van der Waals surface area contributed by atoms with E-state index in [1.807, 2.05) is 11.4 Å². The minimum absolute atomic E-state index is 0.0175. The summed E-state index contributed by atoms with van der Waals surface area (Å²) in [6, 6.07) is 2.19. The van der Waals surface area contributed by atoms with Crippen molar-refractivity contribution in [2.24, 2.45) is 17.6 Å². The molecule has 2 unspecified atom stereocenters. The Bertz CT molecular complexity index is 538. The Balaban J connectivity index is 2.08. The van der Waals surface area contributed by atoms with Crippen molar-refractivity contribution < 1.29 is 4.79 Å². The number of amides is 1. The number of hydrogen-bond acceptors (Lipinski definition) is 3. The van der Waals surface area contributed by atoms with Crippen molar-refractivity contribution >= 4 is 17.2 Å². The van der Waals surface area contributed by atoms with Gasteiger partial charge in [-0.15, -0.1) is 11.3 Å². The molecule has 0 aromatic carbocycles. The molecule has 0 spiro atoms. The third kappa shape index (κ3) is 4.09. The Hall–Kier alpha value is -1.31. The zero-order chi connectivity index (χ0) is 15.2. The third-order valence-electron chi connectivity index (χ3n) is 4.19. The number of thiophene rings is 1. The van der Waals surface area contributed by atoms with Crippen LogP contribution in [0.25, 0.3) is 0 Å². The predicted octanol–water partition coefficient (Wildman–Crippen LogP) is 3.00. The SMILES string of the molecule is CC(C)C1CCCCC1NC(=O)c1sccc1C#CCN. The molecule has 114 valence electrons. The van der Waals surface area contributed by atoms with Crippen molar-refractivity contribution in [2.75, 3.05) is 6.54 Å². The van der Waals surface area contributed by atoms with E-state index in [2.05, 4.69) is 31.0 Å². The molecule has 1 saturated carbocycles. The summed E-state index contributed by atoms with van der Waals surface area (Å²) in [5.74, 6) is 7.01. The summed E-state index contributed by atoms with van der Waals surface area (Å²) < 4.78 is 0. The van der Waals surface area contributed by atoms with E-state index >= 15 is 0 Å². The van der Waals surface area contributed by atoms with Gasteiger partial charge >= 0.3 is 0 Å². The summed E-state index contributed by atoms with van der Waals surface area (Å²) in [5, 5.41) is 5.15. The molecule has 4 heteroatoms.